The molecule has 0 bridgehead atoms. The lowest BCUT2D eigenvalue weighted by atomic mass is 9.87. The molecule has 1 saturated carbocycles. The number of carbonyl (C=O) groups is 1. The van der Waals surface area contributed by atoms with E-state index in [1.807, 2.05) is 0 Å². The van der Waals surface area contributed by atoms with Crippen molar-refractivity contribution in [2.45, 2.75) is 52.0 Å². The molecule has 0 radical (unpaired) electrons. The molecule has 4 rings (SSSR count). The van der Waals surface area contributed by atoms with Crippen LogP contribution in [0.15, 0.2) is 23.0 Å². The Bertz CT molecular complexity index is 1110. The number of rotatable bonds is 4. The molecule has 8 heteroatoms. The average Bonchev–Trinajstić information content (AvgIpc) is 3.21. The van der Waals surface area contributed by atoms with Gasteiger partial charge >= 0.3 is 5.97 Å². The Kier molecular flexibility index (Phi) is 3.87. The molecule has 3 aromatic heterocycles. The van der Waals surface area contributed by atoms with Gasteiger partial charge in [-0.3, -0.25) is 4.98 Å². The van der Waals surface area contributed by atoms with E-state index in [2.05, 4.69) is 10.1 Å². The first-order valence-corrected chi connectivity index (χ1v) is 9.07. The number of hydrogen-bond donors (Lipinski definition) is 1. The monoisotopic (exact) mass is 391 g/mol. The first kappa shape index (κ1) is 16.2. The number of aryl methyl sites for hydroxylation is 2. The van der Waals surface area contributed by atoms with Crippen LogP contribution in [0.3, 0.4) is 0 Å². The van der Waals surface area contributed by atoms with E-state index in [1.54, 1.807) is 19.9 Å². The summed E-state index contributed by atoms with van der Waals surface area (Å²) in [4.78, 5) is 16.0. The number of carboxylic acids is 1. The first-order valence-electron chi connectivity index (χ1n) is 10.1. The third-order valence-electron chi connectivity index (χ3n) is 5.23. The second-order valence-corrected chi connectivity index (χ2v) is 7.27. The van der Waals surface area contributed by atoms with Gasteiger partial charge in [0, 0.05) is 42.9 Å². The van der Waals surface area contributed by atoms with Crippen LogP contribution in [0, 0.1) is 19.8 Å². The molecule has 0 amide bonds. The SMILES string of the molecule is [2H]C([2H])(C1CCC(F)(F)CC1)n1cc(C(=O)O)c2ncc(-c3c(C)noc3C)cc21. The summed E-state index contributed by atoms with van der Waals surface area (Å²) in [5, 5.41) is 13.5. The highest BCUT2D eigenvalue weighted by atomic mass is 19.3. The van der Waals surface area contributed by atoms with Crippen LogP contribution in [0.5, 0.6) is 0 Å². The van der Waals surface area contributed by atoms with Crippen molar-refractivity contribution in [2.24, 2.45) is 5.92 Å². The Hall–Kier alpha value is -2.77. The minimum Gasteiger partial charge on any atom is -0.478 e. The van der Waals surface area contributed by atoms with Gasteiger partial charge in [-0.05, 0) is 38.7 Å². The molecule has 1 fully saturated rings. The molecule has 0 unspecified atom stereocenters. The summed E-state index contributed by atoms with van der Waals surface area (Å²) >= 11 is 0. The van der Waals surface area contributed by atoms with Gasteiger partial charge in [0.15, 0.2) is 0 Å². The average molecular weight is 391 g/mol. The fraction of sp³-hybridized carbons (Fsp3) is 0.450. The predicted molar refractivity (Wildman–Crippen MR) is 98.6 cm³/mol. The van der Waals surface area contributed by atoms with Crippen molar-refractivity contribution in [1.82, 2.24) is 14.7 Å². The third-order valence-corrected chi connectivity index (χ3v) is 5.23. The topological polar surface area (TPSA) is 81.2 Å². The van der Waals surface area contributed by atoms with Crippen LogP contribution in [-0.4, -0.2) is 31.7 Å². The number of alkyl halides is 2. The molecule has 0 aliphatic heterocycles. The number of carboxylic acid groups (broad SMARTS) is 1. The van der Waals surface area contributed by atoms with Gasteiger partial charge in [0.25, 0.3) is 0 Å². The molecule has 1 aliphatic rings. The largest absolute Gasteiger partial charge is 0.478 e. The predicted octanol–water partition coefficient (Wildman–Crippen LogP) is 4.83. The van der Waals surface area contributed by atoms with Crippen LogP contribution in [-0.2, 0) is 6.50 Å². The zero-order valence-electron chi connectivity index (χ0n) is 17.5. The van der Waals surface area contributed by atoms with Crippen LogP contribution < -0.4 is 0 Å². The molecule has 0 atom stereocenters. The van der Waals surface area contributed by atoms with Crippen LogP contribution in [0.4, 0.5) is 8.78 Å². The smallest absolute Gasteiger partial charge is 0.339 e. The Morgan fingerprint density at radius 3 is 2.75 bits per heavy atom. The van der Waals surface area contributed by atoms with Gasteiger partial charge in [0.2, 0.25) is 5.92 Å². The summed E-state index contributed by atoms with van der Waals surface area (Å²) in [6, 6.07) is 1.65. The van der Waals surface area contributed by atoms with Crippen LogP contribution in [0.25, 0.3) is 22.2 Å². The van der Waals surface area contributed by atoms with Gasteiger partial charge in [0.1, 0.15) is 16.8 Å². The maximum absolute atomic E-state index is 13.6. The lowest BCUT2D eigenvalue weighted by Gasteiger charge is -2.28. The van der Waals surface area contributed by atoms with Gasteiger partial charge in [-0.1, -0.05) is 5.16 Å². The summed E-state index contributed by atoms with van der Waals surface area (Å²) in [6.07, 6.45) is 1.97. The number of aromatic nitrogens is 3. The highest BCUT2D eigenvalue weighted by molar-refractivity contribution is 6.02. The quantitative estimate of drug-likeness (QED) is 0.689. The van der Waals surface area contributed by atoms with E-state index in [0.717, 1.165) is 0 Å². The van der Waals surface area contributed by atoms with E-state index in [-0.39, 0.29) is 42.3 Å². The molecular formula is C20H21F2N3O3. The Morgan fingerprint density at radius 1 is 1.43 bits per heavy atom. The summed E-state index contributed by atoms with van der Waals surface area (Å²) in [7, 11) is 0. The molecule has 0 saturated heterocycles. The van der Waals surface area contributed by atoms with Crippen molar-refractivity contribution < 1.29 is 25.9 Å². The second kappa shape index (κ2) is 6.68. The molecule has 1 aliphatic carbocycles. The maximum Gasteiger partial charge on any atom is 0.339 e. The van der Waals surface area contributed by atoms with Gasteiger partial charge in [0.05, 0.1) is 14.0 Å². The highest BCUT2D eigenvalue weighted by Crippen LogP contribution is 2.37. The highest BCUT2D eigenvalue weighted by Gasteiger charge is 2.35. The summed E-state index contributed by atoms with van der Waals surface area (Å²) < 4.78 is 51.0. The van der Waals surface area contributed by atoms with Gasteiger partial charge in [-0.2, -0.15) is 0 Å². The fourth-order valence-electron chi connectivity index (χ4n) is 3.77. The van der Waals surface area contributed by atoms with E-state index in [0.29, 0.717) is 22.6 Å². The van der Waals surface area contributed by atoms with E-state index in [4.69, 9.17) is 7.26 Å². The van der Waals surface area contributed by atoms with Crippen molar-refractivity contribution in [1.29, 1.82) is 0 Å². The zero-order chi connectivity index (χ0) is 21.8. The second-order valence-electron chi connectivity index (χ2n) is 7.27. The summed E-state index contributed by atoms with van der Waals surface area (Å²) in [6.45, 7) is 1.45. The fourth-order valence-corrected chi connectivity index (χ4v) is 3.77. The minimum atomic E-state index is -2.78. The van der Waals surface area contributed by atoms with E-state index in [1.165, 1.54) is 17.0 Å². The number of pyridine rings is 1. The molecule has 28 heavy (non-hydrogen) atoms. The van der Waals surface area contributed by atoms with Crippen molar-refractivity contribution in [3.05, 3.63) is 35.5 Å². The molecule has 3 aromatic rings. The standard InChI is InChI=1S/C20H21F2N3O3/c1-11-17(12(2)28-24-11)14-7-16-18(23-8-14)15(19(26)27)10-25(16)9-13-3-5-20(21,22)6-4-13/h7-8,10,13H,3-6,9H2,1-2H3,(H,26,27)/i9D2. The number of nitrogens with zero attached hydrogens (tertiary/aromatic N) is 3. The van der Waals surface area contributed by atoms with Gasteiger partial charge in [-0.25, -0.2) is 13.6 Å². The molecule has 0 aromatic carbocycles. The Morgan fingerprint density at radius 2 is 2.14 bits per heavy atom. The Balaban J connectivity index is 1.86. The Labute approximate surface area is 163 Å². The lowest BCUT2D eigenvalue weighted by molar-refractivity contribution is -0.0472. The molecule has 0 spiro atoms. The number of hydrogen-bond acceptors (Lipinski definition) is 4. The molecular weight excluding hydrogens is 368 g/mol. The van der Waals surface area contributed by atoms with Crippen molar-refractivity contribution in [2.75, 3.05) is 0 Å². The summed E-state index contributed by atoms with van der Waals surface area (Å²) in [5.41, 5.74) is 2.23. The zero-order valence-corrected chi connectivity index (χ0v) is 15.5. The van der Waals surface area contributed by atoms with Crippen LogP contribution >= 0.6 is 0 Å². The summed E-state index contributed by atoms with van der Waals surface area (Å²) in [5.74, 6) is -4.13. The molecule has 148 valence electrons. The van der Waals surface area contributed by atoms with E-state index in [9.17, 15) is 18.7 Å². The third kappa shape index (κ3) is 3.27. The van der Waals surface area contributed by atoms with Crippen molar-refractivity contribution in [3.63, 3.8) is 0 Å². The molecule has 1 N–H and O–H groups in total. The van der Waals surface area contributed by atoms with Gasteiger partial charge < -0.3 is 14.2 Å². The van der Waals surface area contributed by atoms with Crippen LogP contribution in [0.2, 0.25) is 0 Å². The van der Waals surface area contributed by atoms with E-state index >= 15 is 0 Å². The maximum atomic E-state index is 13.6. The van der Waals surface area contributed by atoms with Gasteiger partial charge in [-0.15, -0.1) is 0 Å². The number of halogens is 2. The normalized spacial score (nSPS) is 18.9. The first-order chi connectivity index (χ1) is 14.0. The minimum absolute atomic E-state index is 0.0130. The lowest BCUT2D eigenvalue weighted by Crippen LogP contribution is -2.26. The number of aromatic carboxylic acids is 1. The van der Waals surface area contributed by atoms with E-state index < -0.39 is 24.3 Å². The molecule has 3 heterocycles. The van der Waals surface area contributed by atoms with Crippen molar-refractivity contribution >= 4 is 17.0 Å². The van der Waals surface area contributed by atoms with Crippen LogP contribution in [0.1, 0.15) is 50.2 Å². The molecule has 6 nitrogen and oxygen atoms in total. The number of fused-ring (bicyclic) bond motifs is 1. The van der Waals surface area contributed by atoms with Crippen molar-refractivity contribution in [3.8, 4) is 11.1 Å².